The van der Waals surface area contributed by atoms with Crippen molar-refractivity contribution in [2.24, 2.45) is 0 Å². The Bertz CT molecular complexity index is 685. The number of hydrogen-bond donors (Lipinski definition) is 1. The molecule has 3 rings (SSSR count). The lowest BCUT2D eigenvalue weighted by molar-refractivity contribution is -0.111. The van der Waals surface area contributed by atoms with Crippen LogP contribution in [0.3, 0.4) is 0 Å². The van der Waals surface area contributed by atoms with Gasteiger partial charge in [-0.3, -0.25) is 10.1 Å². The van der Waals surface area contributed by atoms with E-state index < -0.39 is 0 Å². The molecule has 5 heteroatoms. The summed E-state index contributed by atoms with van der Waals surface area (Å²) in [6.07, 6.45) is 9.58. The van der Waals surface area contributed by atoms with Gasteiger partial charge in [0.05, 0.1) is 0 Å². The molecule has 1 aromatic heterocycles. The van der Waals surface area contributed by atoms with Crippen LogP contribution in [0.2, 0.25) is 0 Å². The Morgan fingerprint density at radius 1 is 1.17 bits per heavy atom. The molecule has 120 valence electrons. The van der Waals surface area contributed by atoms with Gasteiger partial charge in [-0.15, -0.1) is 10.2 Å². The van der Waals surface area contributed by atoms with Crippen molar-refractivity contribution in [3.8, 4) is 0 Å². The Kier molecular flexibility index (Phi) is 5.18. The van der Waals surface area contributed by atoms with E-state index in [0.29, 0.717) is 11.0 Å². The number of nitrogens with one attached hydrogen (secondary N) is 1. The van der Waals surface area contributed by atoms with E-state index in [4.69, 9.17) is 0 Å². The maximum absolute atomic E-state index is 12.0. The van der Waals surface area contributed by atoms with Crippen LogP contribution in [-0.2, 0) is 4.79 Å². The molecule has 1 heterocycles. The van der Waals surface area contributed by atoms with Gasteiger partial charge in [0.25, 0.3) is 0 Å². The van der Waals surface area contributed by atoms with Crippen molar-refractivity contribution in [2.45, 2.75) is 44.9 Å². The van der Waals surface area contributed by atoms with Crippen LogP contribution in [0, 0.1) is 6.92 Å². The van der Waals surface area contributed by atoms with Gasteiger partial charge in [0.15, 0.2) is 0 Å². The summed E-state index contributed by atoms with van der Waals surface area (Å²) in [6, 6.07) is 8.04. The zero-order valence-electron chi connectivity index (χ0n) is 13.3. The topological polar surface area (TPSA) is 54.9 Å². The summed E-state index contributed by atoms with van der Waals surface area (Å²) in [7, 11) is 0. The molecule has 1 amide bonds. The van der Waals surface area contributed by atoms with Gasteiger partial charge in [-0.05, 0) is 31.4 Å². The first-order valence-electron chi connectivity index (χ1n) is 8.10. The van der Waals surface area contributed by atoms with Crippen LogP contribution in [-0.4, -0.2) is 16.1 Å². The Labute approximate surface area is 140 Å². The minimum Gasteiger partial charge on any atom is -0.297 e. The lowest BCUT2D eigenvalue weighted by Gasteiger charge is -2.18. The second-order valence-electron chi connectivity index (χ2n) is 6.01. The molecule has 23 heavy (non-hydrogen) atoms. The molecule has 0 bridgehead atoms. The third-order valence-electron chi connectivity index (χ3n) is 4.13. The van der Waals surface area contributed by atoms with Crippen molar-refractivity contribution >= 4 is 28.5 Å². The number of hydrogen-bond acceptors (Lipinski definition) is 4. The lowest BCUT2D eigenvalue weighted by atomic mass is 9.90. The molecule has 1 aliphatic carbocycles. The van der Waals surface area contributed by atoms with E-state index in [0.717, 1.165) is 10.6 Å². The summed E-state index contributed by atoms with van der Waals surface area (Å²) in [5.74, 6) is 0.354. The molecule has 0 atom stereocenters. The van der Waals surface area contributed by atoms with Crippen LogP contribution in [0.1, 0.15) is 54.2 Å². The first kappa shape index (κ1) is 15.9. The highest BCUT2D eigenvalue weighted by Crippen LogP contribution is 2.35. The Morgan fingerprint density at radius 2 is 1.91 bits per heavy atom. The molecule has 4 nitrogen and oxygen atoms in total. The molecule has 1 N–H and O–H groups in total. The summed E-state index contributed by atoms with van der Waals surface area (Å²) >= 11 is 1.50. The highest BCUT2D eigenvalue weighted by atomic mass is 32.1. The van der Waals surface area contributed by atoms with Gasteiger partial charge in [0, 0.05) is 12.0 Å². The zero-order valence-corrected chi connectivity index (χ0v) is 14.1. The minimum absolute atomic E-state index is 0.170. The van der Waals surface area contributed by atoms with Crippen LogP contribution in [0.25, 0.3) is 6.08 Å². The summed E-state index contributed by atoms with van der Waals surface area (Å²) in [6.45, 7) is 2.04. The maximum Gasteiger partial charge on any atom is 0.250 e. The predicted molar refractivity (Wildman–Crippen MR) is 94.6 cm³/mol. The van der Waals surface area contributed by atoms with Gasteiger partial charge < -0.3 is 0 Å². The molecular formula is C18H21N3OS. The normalized spacial score (nSPS) is 15.9. The molecule has 1 aliphatic rings. The highest BCUT2D eigenvalue weighted by Gasteiger charge is 2.19. The van der Waals surface area contributed by atoms with E-state index in [9.17, 15) is 4.79 Å². The standard InChI is InChI=1S/C18H21N3OS/c1-13-7-9-14(10-8-13)11-12-16(22)19-18-21-20-17(23-18)15-5-3-2-4-6-15/h7-12,15H,2-6H2,1H3,(H,19,21,22)/b12-11+. The van der Waals surface area contributed by atoms with E-state index in [1.54, 1.807) is 6.08 Å². The van der Waals surface area contributed by atoms with Gasteiger partial charge >= 0.3 is 0 Å². The quantitative estimate of drug-likeness (QED) is 0.838. The first-order valence-corrected chi connectivity index (χ1v) is 8.91. The van der Waals surface area contributed by atoms with Crippen molar-refractivity contribution < 1.29 is 4.79 Å². The van der Waals surface area contributed by atoms with Gasteiger partial charge in [-0.2, -0.15) is 0 Å². The monoisotopic (exact) mass is 327 g/mol. The average molecular weight is 327 g/mol. The number of carbonyl (C=O) groups is 1. The molecule has 0 aliphatic heterocycles. The summed E-state index contributed by atoms with van der Waals surface area (Å²) < 4.78 is 0. The summed E-state index contributed by atoms with van der Waals surface area (Å²) in [5.41, 5.74) is 2.21. The fourth-order valence-corrected chi connectivity index (χ4v) is 3.71. The van der Waals surface area contributed by atoms with E-state index in [1.807, 2.05) is 31.2 Å². The van der Waals surface area contributed by atoms with E-state index in [1.165, 1.54) is 55.1 Å². The average Bonchev–Trinajstić information content (AvgIpc) is 3.04. The number of benzene rings is 1. The fraction of sp³-hybridized carbons (Fsp3) is 0.389. The zero-order chi connectivity index (χ0) is 16.1. The van der Waals surface area contributed by atoms with Crippen molar-refractivity contribution in [2.75, 3.05) is 5.32 Å². The number of rotatable bonds is 4. The minimum atomic E-state index is -0.170. The third kappa shape index (κ3) is 4.48. The van der Waals surface area contributed by atoms with Crippen LogP contribution in [0.15, 0.2) is 30.3 Å². The van der Waals surface area contributed by atoms with Crippen molar-refractivity contribution in [3.05, 3.63) is 46.5 Å². The van der Waals surface area contributed by atoms with Crippen molar-refractivity contribution in [1.82, 2.24) is 10.2 Å². The smallest absolute Gasteiger partial charge is 0.250 e. The van der Waals surface area contributed by atoms with Crippen molar-refractivity contribution in [3.63, 3.8) is 0 Å². The maximum atomic E-state index is 12.0. The van der Waals surface area contributed by atoms with E-state index >= 15 is 0 Å². The van der Waals surface area contributed by atoms with Crippen molar-refractivity contribution in [1.29, 1.82) is 0 Å². The van der Waals surface area contributed by atoms with Gasteiger partial charge in [-0.25, -0.2) is 0 Å². The number of aromatic nitrogens is 2. The Balaban J connectivity index is 1.57. The Hall–Kier alpha value is -2.01. The molecule has 0 saturated heterocycles. The lowest BCUT2D eigenvalue weighted by Crippen LogP contribution is -2.07. The largest absolute Gasteiger partial charge is 0.297 e. The Morgan fingerprint density at radius 3 is 2.65 bits per heavy atom. The van der Waals surface area contributed by atoms with E-state index in [-0.39, 0.29) is 5.91 Å². The third-order valence-corrected chi connectivity index (χ3v) is 5.13. The molecule has 0 unspecified atom stereocenters. The number of nitrogens with zero attached hydrogens (tertiary/aromatic N) is 2. The summed E-state index contributed by atoms with van der Waals surface area (Å²) in [5, 5.41) is 12.8. The van der Waals surface area contributed by atoms with Crippen LogP contribution in [0.5, 0.6) is 0 Å². The molecule has 1 aromatic carbocycles. The van der Waals surface area contributed by atoms with Gasteiger partial charge in [0.2, 0.25) is 11.0 Å². The molecule has 1 saturated carbocycles. The first-order chi connectivity index (χ1) is 11.2. The molecule has 0 radical (unpaired) electrons. The summed E-state index contributed by atoms with van der Waals surface area (Å²) in [4.78, 5) is 12.0. The molecule has 2 aromatic rings. The fourth-order valence-electron chi connectivity index (χ4n) is 2.80. The number of anilines is 1. The van der Waals surface area contributed by atoms with Gasteiger partial charge in [0.1, 0.15) is 5.01 Å². The van der Waals surface area contributed by atoms with E-state index in [2.05, 4.69) is 15.5 Å². The second kappa shape index (κ2) is 7.51. The predicted octanol–water partition coefficient (Wildman–Crippen LogP) is 4.55. The van der Waals surface area contributed by atoms with Crippen LogP contribution >= 0.6 is 11.3 Å². The van der Waals surface area contributed by atoms with Crippen LogP contribution in [0.4, 0.5) is 5.13 Å². The number of amides is 1. The molecule has 1 fully saturated rings. The molecular weight excluding hydrogens is 306 g/mol. The SMILES string of the molecule is Cc1ccc(/C=C/C(=O)Nc2nnc(C3CCCCC3)s2)cc1. The number of carbonyl (C=O) groups excluding carboxylic acids is 1. The molecule has 0 spiro atoms. The van der Waals surface area contributed by atoms with Gasteiger partial charge in [-0.1, -0.05) is 60.4 Å². The number of aryl methyl sites for hydroxylation is 1. The second-order valence-corrected chi connectivity index (χ2v) is 7.02. The highest BCUT2D eigenvalue weighted by molar-refractivity contribution is 7.15. The van der Waals surface area contributed by atoms with Crippen LogP contribution < -0.4 is 5.32 Å².